The van der Waals surface area contributed by atoms with Gasteiger partial charge in [-0.3, -0.25) is 4.18 Å². The monoisotopic (exact) mass is 499 g/mol. The number of benzene rings is 2. The van der Waals surface area contributed by atoms with Gasteiger partial charge in [-0.2, -0.15) is 16.8 Å². The standard InChI is InChI=1S/C22H29NO6S3/c1-17-4-10-21(11-5-17)31(25,26)23-30(3,24)20-14-8-19(9-15-20)16-29-32(27,28)22-12-6-18(2)7-13-22/h4-7,10-13,19-20H,8-9,14-16H2,1-3H3. The van der Waals surface area contributed by atoms with Crippen LogP contribution in [0.1, 0.15) is 36.8 Å². The minimum Gasteiger partial charge on any atom is -0.266 e. The highest BCUT2D eigenvalue weighted by atomic mass is 32.3. The second kappa shape index (κ2) is 9.62. The Kier molecular flexibility index (Phi) is 7.48. The molecule has 0 aliphatic heterocycles. The molecular weight excluding hydrogens is 470 g/mol. The second-order valence-electron chi connectivity index (χ2n) is 8.42. The van der Waals surface area contributed by atoms with Crippen LogP contribution in [-0.4, -0.2) is 39.2 Å². The fourth-order valence-electron chi connectivity index (χ4n) is 3.70. The van der Waals surface area contributed by atoms with E-state index in [1.807, 2.05) is 13.8 Å². The molecule has 0 amide bonds. The molecule has 0 spiro atoms. The summed E-state index contributed by atoms with van der Waals surface area (Å²) in [5.74, 6) is -0.00428. The fourth-order valence-corrected chi connectivity index (χ4v) is 8.70. The third-order valence-corrected chi connectivity index (χ3v) is 11.6. The molecule has 1 aliphatic carbocycles. The average Bonchev–Trinajstić information content (AvgIpc) is 2.72. The Balaban J connectivity index is 1.62. The summed E-state index contributed by atoms with van der Waals surface area (Å²) >= 11 is 0. The van der Waals surface area contributed by atoms with Crippen molar-refractivity contribution in [1.29, 1.82) is 0 Å². The molecule has 32 heavy (non-hydrogen) atoms. The Morgan fingerprint density at radius 1 is 0.781 bits per heavy atom. The third kappa shape index (κ3) is 6.18. The van der Waals surface area contributed by atoms with E-state index in [9.17, 15) is 21.0 Å². The zero-order valence-electron chi connectivity index (χ0n) is 18.4. The Bertz CT molecular complexity index is 1270. The lowest BCUT2D eigenvalue weighted by Gasteiger charge is -2.28. The van der Waals surface area contributed by atoms with Crippen molar-refractivity contribution in [1.82, 2.24) is 0 Å². The molecule has 1 atom stereocenters. The van der Waals surface area contributed by atoms with Gasteiger partial charge >= 0.3 is 0 Å². The number of sulfonamides is 1. The van der Waals surface area contributed by atoms with Crippen LogP contribution in [0.3, 0.4) is 0 Å². The maximum atomic E-state index is 13.2. The first kappa shape index (κ1) is 24.9. The minimum atomic E-state index is -4.02. The zero-order chi connectivity index (χ0) is 23.6. The molecule has 3 rings (SSSR count). The van der Waals surface area contributed by atoms with Crippen LogP contribution < -0.4 is 0 Å². The molecule has 2 aromatic carbocycles. The van der Waals surface area contributed by atoms with Crippen molar-refractivity contribution in [2.75, 3.05) is 12.9 Å². The largest absolute Gasteiger partial charge is 0.296 e. The number of aryl methyl sites for hydroxylation is 2. The van der Waals surface area contributed by atoms with Gasteiger partial charge in [0.05, 0.1) is 26.1 Å². The molecule has 10 heteroatoms. The van der Waals surface area contributed by atoms with Crippen molar-refractivity contribution in [2.45, 2.75) is 54.6 Å². The lowest BCUT2D eigenvalue weighted by Crippen LogP contribution is -2.29. The van der Waals surface area contributed by atoms with E-state index in [-0.39, 0.29) is 27.6 Å². The maximum Gasteiger partial charge on any atom is 0.296 e. The van der Waals surface area contributed by atoms with Gasteiger partial charge in [-0.25, -0.2) is 4.21 Å². The van der Waals surface area contributed by atoms with E-state index >= 15 is 0 Å². The van der Waals surface area contributed by atoms with Crippen LogP contribution in [0.2, 0.25) is 0 Å². The van der Waals surface area contributed by atoms with E-state index in [4.69, 9.17) is 4.18 Å². The summed E-state index contributed by atoms with van der Waals surface area (Å²) < 4.78 is 72.1. The smallest absolute Gasteiger partial charge is 0.266 e. The van der Waals surface area contributed by atoms with E-state index < -0.39 is 29.9 Å². The molecule has 0 radical (unpaired) electrons. The summed E-state index contributed by atoms with van der Waals surface area (Å²) in [4.78, 5) is 0.148. The van der Waals surface area contributed by atoms with E-state index in [1.165, 1.54) is 30.5 Å². The molecule has 0 saturated heterocycles. The van der Waals surface area contributed by atoms with Gasteiger partial charge in [0, 0.05) is 11.5 Å². The van der Waals surface area contributed by atoms with Crippen LogP contribution in [0.15, 0.2) is 62.1 Å². The summed E-state index contributed by atoms with van der Waals surface area (Å²) in [7, 11) is -10.8. The Hall–Kier alpha value is -1.75. The summed E-state index contributed by atoms with van der Waals surface area (Å²) in [6.45, 7) is 3.77. The van der Waals surface area contributed by atoms with Crippen LogP contribution in [0.5, 0.6) is 0 Å². The van der Waals surface area contributed by atoms with Gasteiger partial charge in [0.1, 0.15) is 0 Å². The van der Waals surface area contributed by atoms with Crippen LogP contribution in [0.25, 0.3) is 0 Å². The first-order valence-electron chi connectivity index (χ1n) is 10.4. The maximum absolute atomic E-state index is 13.2. The summed E-state index contributed by atoms with van der Waals surface area (Å²) in [6.07, 6.45) is 3.59. The van der Waals surface area contributed by atoms with E-state index in [0.29, 0.717) is 25.7 Å². The molecule has 0 aromatic heterocycles. The normalized spacial score (nSPS) is 21.6. The number of nitrogens with zero attached hydrogens (tertiary/aromatic N) is 1. The Labute approximate surface area is 191 Å². The lowest BCUT2D eigenvalue weighted by molar-refractivity contribution is 0.215. The quantitative estimate of drug-likeness (QED) is 0.532. The first-order valence-corrected chi connectivity index (χ1v) is 15.2. The third-order valence-electron chi connectivity index (χ3n) is 5.75. The first-order chi connectivity index (χ1) is 14.9. The molecule has 2 aromatic rings. The van der Waals surface area contributed by atoms with E-state index in [1.54, 1.807) is 24.3 Å². The van der Waals surface area contributed by atoms with Gasteiger partial charge in [0.2, 0.25) is 0 Å². The fraction of sp³-hybridized carbons (Fsp3) is 0.455. The molecule has 1 aliphatic rings. The highest BCUT2D eigenvalue weighted by molar-refractivity contribution is 8.03. The number of hydrogen-bond acceptors (Lipinski definition) is 6. The van der Waals surface area contributed by atoms with Crippen molar-refractivity contribution in [3.8, 4) is 0 Å². The van der Waals surface area contributed by atoms with Crippen molar-refractivity contribution in [3.63, 3.8) is 0 Å². The van der Waals surface area contributed by atoms with Gasteiger partial charge in [-0.05, 0) is 69.7 Å². The highest BCUT2D eigenvalue weighted by Gasteiger charge is 2.30. The number of hydrogen-bond donors (Lipinski definition) is 0. The Morgan fingerprint density at radius 2 is 1.25 bits per heavy atom. The van der Waals surface area contributed by atoms with Gasteiger partial charge < -0.3 is 0 Å². The molecule has 7 nitrogen and oxygen atoms in total. The molecule has 1 fully saturated rings. The van der Waals surface area contributed by atoms with Gasteiger partial charge in [0.15, 0.2) is 0 Å². The van der Waals surface area contributed by atoms with Crippen LogP contribution >= 0.6 is 0 Å². The molecule has 176 valence electrons. The summed E-state index contributed by atoms with van der Waals surface area (Å²) in [5, 5.41) is -0.368. The van der Waals surface area contributed by atoms with Crippen molar-refractivity contribution < 1.29 is 25.2 Å². The average molecular weight is 500 g/mol. The highest BCUT2D eigenvalue weighted by Crippen LogP contribution is 2.31. The van der Waals surface area contributed by atoms with Crippen molar-refractivity contribution in [2.24, 2.45) is 9.69 Å². The predicted octanol–water partition coefficient (Wildman–Crippen LogP) is 4.05. The molecule has 0 N–H and O–H groups in total. The number of rotatable bonds is 7. The molecule has 0 bridgehead atoms. The van der Waals surface area contributed by atoms with Gasteiger partial charge in [0.25, 0.3) is 20.1 Å². The molecular formula is C22H29NO6S3. The van der Waals surface area contributed by atoms with Crippen LogP contribution in [0.4, 0.5) is 0 Å². The molecule has 1 unspecified atom stereocenters. The predicted molar refractivity (Wildman–Crippen MR) is 125 cm³/mol. The molecule has 1 saturated carbocycles. The minimum absolute atomic E-state index is 0.00428. The Morgan fingerprint density at radius 3 is 1.75 bits per heavy atom. The van der Waals surface area contributed by atoms with E-state index in [2.05, 4.69) is 3.77 Å². The SMILES string of the molecule is Cc1ccc(S(=O)(=O)N=S(C)(=O)C2CCC(COS(=O)(=O)c3ccc(C)cc3)CC2)cc1. The van der Waals surface area contributed by atoms with Crippen LogP contribution in [0, 0.1) is 19.8 Å². The molecule has 0 heterocycles. The topological polar surface area (TPSA) is 107 Å². The van der Waals surface area contributed by atoms with E-state index in [0.717, 1.165) is 11.1 Å². The zero-order valence-corrected chi connectivity index (χ0v) is 20.9. The summed E-state index contributed by atoms with van der Waals surface area (Å²) in [5.41, 5.74) is 1.88. The second-order valence-corrected chi connectivity index (χ2v) is 14.4. The van der Waals surface area contributed by atoms with Crippen LogP contribution in [-0.2, 0) is 34.1 Å². The summed E-state index contributed by atoms with van der Waals surface area (Å²) in [6, 6.07) is 12.7. The van der Waals surface area contributed by atoms with Crippen molar-refractivity contribution in [3.05, 3.63) is 59.7 Å². The van der Waals surface area contributed by atoms with Gasteiger partial charge in [-0.1, -0.05) is 35.4 Å². The van der Waals surface area contributed by atoms with Crippen molar-refractivity contribution >= 4 is 29.9 Å². The van der Waals surface area contributed by atoms with Gasteiger partial charge in [-0.15, -0.1) is 3.77 Å². The lowest BCUT2D eigenvalue weighted by atomic mass is 9.90.